The van der Waals surface area contributed by atoms with Gasteiger partial charge in [-0.1, -0.05) is 23.7 Å². The van der Waals surface area contributed by atoms with E-state index in [9.17, 15) is 5.11 Å². The molecule has 1 heterocycles. The average Bonchev–Trinajstić information content (AvgIpc) is 3.16. The number of nitrogens with zero attached hydrogens (tertiary/aromatic N) is 2. The molecule has 0 amide bonds. The maximum Gasteiger partial charge on any atom is 0.0951 e. The van der Waals surface area contributed by atoms with Crippen molar-refractivity contribution in [3.8, 4) is 0 Å². The molecule has 4 nitrogen and oxygen atoms in total. The molecule has 1 aromatic heterocycles. The van der Waals surface area contributed by atoms with Gasteiger partial charge in [0.15, 0.2) is 0 Å². The second kappa shape index (κ2) is 5.23. The highest BCUT2D eigenvalue weighted by Gasteiger charge is 2.27. The van der Waals surface area contributed by atoms with Gasteiger partial charge in [0.2, 0.25) is 0 Å². The third kappa shape index (κ3) is 2.60. The van der Waals surface area contributed by atoms with Gasteiger partial charge in [-0.2, -0.15) is 0 Å². The van der Waals surface area contributed by atoms with Crippen LogP contribution in [0.25, 0.3) is 0 Å². The molecule has 0 radical (unpaired) electrons. The minimum Gasteiger partial charge on any atom is -0.394 e. The molecule has 2 N–H and O–H groups in total. The minimum absolute atomic E-state index is 0.00361. The van der Waals surface area contributed by atoms with Crippen LogP contribution in [-0.4, -0.2) is 21.3 Å². The molecule has 0 aliphatic heterocycles. The van der Waals surface area contributed by atoms with Gasteiger partial charge < -0.3 is 15.0 Å². The fourth-order valence-electron chi connectivity index (χ4n) is 2.22. The van der Waals surface area contributed by atoms with Crippen molar-refractivity contribution in [1.29, 1.82) is 0 Å². The Kier molecular flexibility index (Phi) is 3.44. The van der Waals surface area contributed by atoms with Crippen LogP contribution >= 0.6 is 11.6 Å². The van der Waals surface area contributed by atoms with Crippen molar-refractivity contribution in [1.82, 2.24) is 9.55 Å². The van der Waals surface area contributed by atoms with Crippen LogP contribution in [0.15, 0.2) is 36.8 Å². The van der Waals surface area contributed by atoms with Crippen molar-refractivity contribution in [2.45, 2.75) is 24.9 Å². The maximum atomic E-state index is 9.63. The first-order chi connectivity index (χ1) is 9.29. The molecule has 3 rings (SSSR count). The third-order valence-electron chi connectivity index (χ3n) is 3.38. The number of hydrogen-bond donors (Lipinski definition) is 2. The van der Waals surface area contributed by atoms with Crippen LogP contribution in [0, 0.1) is 0 Å². The summed E-state index contributed by atoms with van der Waals surface area (Å²) in [4.78, 5) is 4.20. The van der Waals surface area contributed by atoms with E-state index in [1.165, 1.54) is 12.8 Å². The lowest BCUT2D eigenvalue weighted by Crippen LogP contribution is -2.18. The summed E-state index contributed by atoms with van der Waals surface area (Å²) in [6, 6.07) is 7.89. The van der Waals surface area contributed by atoms with Crippen LogP contribution in [0.3, 0.4) is 0 Å². The number of imidazole rings is 1. The Labute approximate surface area is 117 Å². The zero-order valence-corrected chi connectivity index (χ0v) is 11.2. The van der Waals surface area contributed by atoms with Crippen molar-refractivity contribution < 1.29 is 5.11 Å². The summed E-state index contributed by atoms with van der Waals surface area (Å²) in [6.45, 7) is 0.00361. The Bertz CT molecular complexity index is 565. The second-order valence-electron chi connectivity index (χ2n) is 4.82. The lowest BCUT2D eigenvalue weighted by Gasteiger charge is -2.20. The van der Waals surface area contributed by atoms with E-state index in [1.807, 2.05) is 36.8 Å². The van der Waals surface area contributed by atoms with Crippen LogP contribution < -0.4 is 5.32 Å². The van der Waals surface area contributed by atoms with E-state index >= 15 is 0 Å². The van der Waals surface area contributed by atoms with Gasteiger partial charge >= 0.3 is 0 Å². The van der Waals surface area contributed by atoms with E-state index in [-0.39, 0.29) is 12.6 Å². The zero-order valence-electron chi connectivity index (χ0n) is 10.5. The Hall–Kier alpha value is -1.52. The largest absolute Gasteiger partial charge is 0.394 e. The number of aliphatic hydroxyl groups is 1. The van der Waals surface area contributed by atoms with Gasteiger partial charge in [0.1, 0.15) is 0 Å². The standard InChI is InChI=1S/C14H16ClN3O/c15-11-3-1-2-4-12(11)17-13(8-19)14-7-16-9-18(14)10-5-6-10/h1-4,7,9-10,13,17,19H,5-6,8H2. The van der Waals surface area contributed by atoms with Crippen LogP contribution in [-0.2, 0) is 0 Å². The van der Waals surface area contributed by atoms with Gasteiger partial charge in [-0.3, -0.25) is 0 Å². The molecule has 0 saturated heterocycles. The van der Waals surface area contributed by atoms with E-state index in [0.717, 1.165) is 11.4 Å². The molecule has 1 atom stereocenters. The predicted octanol–water partition coefficient (Wildman–Crippen LogP) is 3.02. The normalized spacial score (nSPS) is 16.3. The fourth-order valence-corrected chi connectivity index (χ4v) is 2.41. The highest BCUT2D eigenvalue weighted by atomic mass is 35.5. The number of anilines is 1. The molecule has 1 saturated carbocycles. The Balaban J connectivity index is 1.84. The van der Waals surface area contributed by atoms with Crippen LogP contribution in [0.5, 0.6) is 0 Å². The van der Waals surface area contributed by atoms with Crippen LogP contribution in [0.1, 0.15) is 30.6 Å². The molecule has 5 heteroatoms. The predicted molar refractivity (Wildman–Crippen MR) is 75.4 cm³/mol. The van der Waals surface area contributed by atoms with Crippen molar-refractivity contribution in [3.63, 3.8) is 0 Å². The molecule has 1 aliphatic rings. The number of rotatable bonds is 5. The molecular formula is C14H16ClN3O. The molecule has 100 valence electrons. The second-order valence-corrected chi connectivity index (χ2v) is 5.22. The summed E-state index contributed by atoms with van der Waals surface area (Å²) < 4.78 is 2.14. The molecule has 0 bridgehead atoms. The van der Waals surface area contributed by atoms with Gasteiger partial charge in [0.25, 0.3) is 0 Å². The summed E-state index contributed by atoms with van der Waals surface area (Å²) in [5, 5.41) is 13.6. The number of nitrogens with one attached hydrogen (secondary N) is 1. The number of aliphatic hydroxyl groups excluding tert-OH is 1. The summed E-state index contributed by atoms with van der Waals surface area (Å²) in [5.74, 6) is 0. The Morgan fingerprint density at radius 3 is 2.89 bits per heavy atom. The Morgan fingerprint density at radius 2 is 2.21 bits per heavy atom. The molecule has 0 spiro atoms. The van der Waals surface area contributed by atoms with Crippen LogP contribution in [0.4, 0.5) is 5.69 Å². The van der Waals surface area contributed by atoms with Gasteiger partial charge in [0, 0.05) is 6.04 Å². The number of halogens is 1. The maximum absolute atomic E-state index is 9.63. The van der Waals surface area contributed by atoms with Crippen molar-refractivity contribution in [2.75, 3.05) is 11.9 Å². The van der Waals surface area contributed by atoms with Gasteiger partial charge in [-0.25, -0.2) is 4.98 Å². The summed E-state index contributed by atoms with van der Waals surface area (Å²) in [7, 11) is 0. The molecule has 1 aromatic carbocycles. The number of para-hydroxylation sites is 1. The van der Waals surface area contributed by atoms with Gasteiger partial charge in [0.05, 0.1) is 41.6 Å². The van der Waals surface area contributed by atoms with E-state index in [2.05, 4.69) is 14.9 Å². The molecule has 19 heavy (non-hydrogen) atoms. The lowest BCUT2D eigenvalue weighted by molar-refractivity contribution is 0.272. The number of aromatic nitrogens is 2. The van der Waals surface area contributed by atoms with Gasteiger partial charge in [-0.05, 0) is 25.0 Å². The highest BCUT2D eigenvalue weighted by molar-refractivity contribution is 6.33. The Morgan fingerprint density at radius 1 is 1.42 bits per heavy atom. The average molecular weight is 278 g/mol. The smallest absolute Gasteiger partial charge is 0.0951 e. The lowest BCUT2D eigenvalue weighted by atomic mass is 10.2. The molecular weight excluding hydrogens is 262 g/mol. The first-order valence-electron chi connectivity index (χ1n) is 6.43. The van der Waals surface area contributed by atoms with Crippen LogP contribution in [0.2, 0.25) is 5.02 Å². The van der Waals surface area contributed by atoms with Crippen molar-refractivity contribution >= 4 is 17.3 Å². The first kappa shape index (κ1) is 12.5. The first-order valence-corrected chi connectivity index (χ1v) is 6.81. The number of benzene rings is 1. The number of hydrogen-bond acceptors (Lipinski definition) is 3. The van der Waals surface area contributed by atoms with Crippen molar-refractivity contribution in [3.05, 3.63) is 47.5 Å². The SMILES string of the molecule is OCC(Nc1ccccc1Cl)c1cncn1C1CC1. The third-order valence-corrected chi connectivity index (χ3v) is 3.71. The summed E-state index contributed by atoms with van der Waals surface area (Å²) >= 11 is 6.13. The van der Waals surface area contributed by atoms with Crippen molar-refractivity contribution in [2.24, 2.45) is 0 Å². The molecule has 1 unspecified atom stereocenters. The highest BCUT2D eigenvalue weighted by Crippen LogP contribution is 2.37. The summed E-state index contributed by atoms with van der Waals surface area (Å²) in [5.41, 5.74) is 1.83. The topological polar surface area (TPSA) is 50.1 Å². The minimum atomic E-state index is -0.192. The fraction of sp³-hybridized carbons (Fsp3) is 0.357. The molecule has 1 fully saturated rings. The van der Waals surface area contributed by atoms with E-state index < -0.39 is 0 Å². The summed E-state index contributed by atoms with van der Waals surface area (Å²) in [6.07, 6.45) is 6.02. The quantitative estimate of drug-likeness (QED) is 0.883. The molecule has 2 aromatic rings. The monoisotopic (exact) mass is 277 g/mol. The van der Waals surface area contributed by atoms with E-state index in [0.29, 0.717) is 11.1 Å². The zero-order chi connectivity index (χ0) is 13.2. The van der Waals surface area contributed by atoms with E-state index in [1.54, 1.807) is 0 Å². The van der Waals surface area contributed by atoms with E-state index in [4.69, 9.17) is 11.6 Å². The molecule has 1 aliphatic carbocycles. The van der Waals surface area contributed by atoms with Gasteiger partial charge in [-0.15, -0.1) is 0 Å².